The minimum absolute atomic E-state index is 0.0114. The molecule has 3 rings (SSSR count). The monoisotopic (exact) mass is 342 g/mol. The van der Waals surface area contributed by atoms with E-state index in [4.69, 9.17) is 9.15 Å². The van der Waals surface area contributed by atoms with Gasteiger partial charge in [0, 0.05) is 19.1 Å². The van der Waals surface area contributed by atoms with E-state index in [0.29, 0.717) is 25.5 Å². The third-order valence-corrected chi connectivity index (χ3v) is 4.15. The van der Waals surface area contributed by atoms with Crippen molar-refractivity contribution in [2.45, 2.75) is 25.5 Å². The minimum atomic E-state index is -0.159. The number of rotatable bonds is 6. The van der Waals surface area contributed by atoms with Gasteiger partial charge in [-0.15, -0.1) is 0 Å². The van der Waals surface area contributed by atoms with Crippen LogP contribution in [-0.2, 0) is 16.1 Å². The number of furan rings is 1. The van der Waals surface area contributed by atoms with Crippen molar-refractivity contribution >= 4 is 11.8 Å². The lowest BCUT2D eigenvalue weighted by Crippen LogP contribution is -2.50. The van der Waals surface area contributed by atoms with E-state index in [1.807, 2.05) is 30.3 Å². The Morgan fingerprint density at radius 3 is 2.80 bits per heavy atom. The summed E-state index contributed by atoms with van der Waals surface area (Å²) in [6.45, 7) is 1.58. The van der Waals surface area contributed by atoms with Crippen molar-refractivity contribution in [1.82, 2.24) is 10.2 Å². The number of amides is 2. The smallest absolute Gasteiger partial charge is 0.289 e. The lowest BCUT2D eigenvalue weighted by molar-refractivity contribution is -0.127. The van der Waals surface area contributed by atoms with Gasteiger partial charge in [-0.2, -0.15) is 0 Å². The summed E-state index contributed by atoms with van der Waals surface area (Å²) in [5.74, 6) is 0.0377. The van der Waals surface area contributed by atoms with Crippen LogP contribution in [0.2, 0.25) is 0 Å². The molecule has 2 heterocycles. The first-order chi connectivity index (χ1) is 12.2. The Balaban J connectivity index is 1.42. The van der Waals surface area contributed by atoms with Crippen LogP contribution in [-0.4, -0.2) is 42.5 Å². The second kappa shape index (κ2) is 8.48. The molecular formula is C19H22N2O4. The number of piperidine rings is 1. The summed E-state index contributed by atoms with van der Waals surface area (Å²) in [6.07, 6.45) is 3.19. The highest BCUT2D eigenvalue weighted by Crippen LogP contribution is 2.14. The Morgan fingerprint density at radius 2 is 2.04 bits per heavy atom. The van der Waals surface area contributed by atoms with Crippen molar-refractivity contribution in [3.63, 3.8) is 0 Å². The molecule has 6 heteroatoms. The lowest BCUT2D eigenvalue weighted by atomic mass is 10.1. The van der Waals surface area contributed by atoms with Crippen LogP contribution in [0.5, 0.6) is 0 Å². The van der Waals surface area contributed by atoms with Gasteiger partial charge in [-0.25, -0.2) is 0 Å². The van der Waals surface area contributed by atoms with Crippen LogP contribution < -0.4 is 5.32 Å². The molecule has 2 amide bonds. The average molecular weight is 342 g/mol. The highest BCUT2D eigenvalue weighted by molar-refractivity contribution is 5.91. The maximum Gasteiger partial charge on any atom is 0.289 e. The van der Waals surface area contributed by atoms with Gasteiger partial charge in [0.25, 0.3) is 5.91 Å². The van der Waals surface area contributed by atoms with Crippen LogP contribution in [0.3, 0.4) is 0 Å². The van der Waals surface area contributed by atoms with E-state index in [-0.39, 0.29) is 24.5 Å². The van der Waals surface area contributed by atoms with Gasteiger partial charge in [-0.1, -0.05) is 30.3 Å². The molecule has 1 fully saturated rings. The van der Waals surface area contributed by atoms with E-state index in [1.165, 1.54) is 6.26 Å². The molecule has 132 valence electrons. The molecule has 1 saturated heterocycles. The van der Waals surface area contributed by atoms with E-state index in [0.717, 1.165) is 18.4 Å². The number of nitrogens with one attached hydrogen (secondary N) is 1. The third kappa shape index (κ3) is 4.93. The Bertz CT molecular complexity index is 685. The summed E-state index contributed by atoms with van der Waals surface area (Å²) < 4.78 is 10.6. The summed E-state index contributed by atoms with van der Waals surface area (Å²) in [5, 5.41) is 2.95. The zero-order valence-corrected chi connectivity index (χ0v) is 14.0. The molecule has 25 heavy (non-hydrogen) atoms. The summed E-state index contributed by atoms with van der Waals surface area (Å²) in [4.78, 5) is 26.1. The molecule has 0 radical (unpaired) electrons. The van der Waals surface area contributed by atoms with Gasteiger partial charge in [0.2, 0.25) is 5.91 Å². The van der Waals surface area contributed by atoms with Crippen molar-refractivity contribution in [1.29, 1.82) is 0 Å². The molecular weight excluding hydrogens is 320 g/mol. The minimum Gasteiger partial charge on any atom is -0.459 e. The van der Waals surface area contributed by atoms with Crippen LogP contribution in [0.15, 0.2) is 53.1 Å². The number of hydrogen-bond acceptors (Lipinski definition) is 4. The van der Waals surface area contributed by atoms with E-state index in [2.05, 4.69) is 5.32 Å². The first-order valence-electron chi connectivity index (χ1n) is 8.46. The number of nitrogens with zero attached hydrogens (tertiary/aromatic N) is 1. The standard InChI is InChI=1S/C19H22N2O4/c22-18(14-24-13-15-6-2-1-3-7-15)20-16-8-4-10-21(12-16)19(23)17-9-5-11-25-17/h1-3,5-7,9,11,16H,4,8,10,12-14H2,(H,20,22). The summed E-state index contributed by atoms with van der Waals surface area (Å²) in [5.41, 5.74) is 1.03. The van der Waals surface area contributed by atoms with Crippen molar-refractivity contribution in [3.8, 4) is 0 Å². The maximum atomic E-state index is 12.3. The Hall–Kier alpha value is -2.60. The number of ether oxygens (including phenoxy) is 1. The molecule has 1 aromatic carbocycles. The second-order valence-electron chi connectivity index (χ2n) is 6.11. The van der Waals surface area contributed by atoms with Crippen LogP contribution in [0.25, 0.3) is 0 Å². The molecule has 0 spiro atoms. The Labute approximate surface area is 146 Å². The van der Waals surface area contributed by atoms with Crippen molar-refractivity contribution < 1.29 is 18.7 Å². The molecule has 6 nitrogen and oxygen atoms in total. The first kappa shape index (κ1) is 17.2. The predicted octanol–water partition coefficient (Wildman–Crippen LogP) is 2.22. The fourth-order valence-electron chi connectivity index (χ4n) is 2.94. The zero-order chi connectivity index (χ0) is 17.5. The van der Waals surface area contributed by atoms with Crippen molar-refractivity contribution in [2.75, 3.05) is 19.7 Å². The highest BCUT2D eigenvalue weighted by atomic mass is 16.5. The molecule has 0 bridgehead atoms. The summed E-state index contributed by atoms with van der Waals surface area (Å²) in [7, 11) is 0. The van der Waals surface area contributed by atoms with Gasteiger partial charge in [0.15, 0.2) is 5.76 Å². The van der Waals surface area contributed by atoms with Gasteiger partial charge >= 0.3 is 0 Å². The average Bonchev–Trinajstić information content (AvgIpc) is 3.17. The quantitative estimate of drug-likeness (QED) is 0.874. The number of carbonyl (C=O) groups is 2. The SMILES string of the molecule is O=C(COCc1ccccc1)NC1CCCN(C(=O)c2ccco2)C1. The molecule has 1 N–H and O–H groups in total. The largest absolute Gasteiger partial charge is 0.459 e. The molecule has 1 unspecified atom stereocenters. The molecule has 0 saturated carbocycles. The number of hydrogen-bond donors (Lipinski definition) is 1. The molecule has 1 aromatic heterocycles. The molecule has 2 aromatic rings. The van der Waals surface area contributed by atoms with Crippen LogP contribution >= 0.6 is 0 Å². The normalized spacial score (nSPS) is 17.3. The Morgan fingerprint density at radius 1 is 1.20 bits per heavy atom. The van der Waals surface area contributed by atoms with Crippen LogP contribution in [0, 0.1) is 0 Å². The van der Waals surface area contributed by atoms with Gasteiger partial charge in [0.1, 0.15) is 6.61 Å². The van der Waals surface area contributed by atoms with Gasteiger partial charge < -0.3 is 19.4 Å². The zero-order valence-electron chi connectivity index (χ0n) is 14.0. The van der Waals surface area contributed by atoms with E-state index >= 15 is 0 Å². The molecule has 0 aliphatic carbocycles. The summed E-state index contributed by atoms with van der Waals surface area (Å²) >= 11 is 0. The maximum absolute atomic E-state index is 12.3. The third-order valence-electron chi connectivity index (χ3n) is 4.15. The van der Waals surface area contributed by atoms with Crippen LogP contribution in [0.4, 0.5) is 0 Å². The molecule has 1 atom stereocenters. The van der Waals surface area contributed by atoms with Crippen LogP contribution in [0.1, 0.15) is 29.0 Å². The van der Waals surface area contributed by atoms with Gasteiger partial charge in [-0.3, -0.25) is 9.59 Å². The fourth-order valence-corrected chi connectivity index (χ4v) is 2.94. The predicted molar refractivity (Wildman–Crippen MR) is 91.9 cm³/mol. The second-order valence-corrected chi connectivity index (χ2v) is 6.11. The number of likely N-dealkylation sites (tertiary alicyclic amines) is 1. The fraction of sp³-hybridized carbons (Fsp3) is 0.368. The lowest BCUT2D eigenvalue weighted by Gasteiger charge is -2.32. The molecule has 1 aliphatic rings. The van der Waals surface area contributed by atoms with Crippen molar-refractivity contribution in [3.05, 3.63) is 60.1 Å². The van der Waals surface area contributed by atoms with Gasteiger partial charge in [0.05, 0.1) is 12.9 Å². The highest BCUT2D eigenvalue weighted by Gasteiger charge is 2.26. The number of benzene rings is 1. The molecule has 1 aliphatic heterocycles. The van der Waals surface area contributed by atoms with Crippen molar-refractivity contribution in [2.24, 2.45) is 0 Å². The van der Waals surface area contributed by atoms with E-state index in [9.17, 15) is 9.59 Å². The van der Waals surface area contributed by atoms with E-state index < -0.39 is 0 Å². The summed E-state index contributed by atoms with van der Waals surface area (Å²) in [6, 6.07) is 13.0. The van der Waals surface area contributed by atoms with E-state index in [1.54, 1.807) is 17.0 Å². The first-order valence-corrected chi connectivity index (χ1v) is 8.46. The van der Waals surface area contributed by atoms with Gasteiger partial charge in [-0.05, 0) is 30.5 Å². The topological polar surface area (TPSA) is 71.8 Å². The Kier molecular flexibility index (Phi) is 5.85. The number of carbonyl (C=O) groups excluding carboxylic acids is 2.